The molecule has 18 nitrogen and oxygen atoms in total. The number of carbonyl (C=O) groups excluding carboxylic acids is 4. The molecule has 3 aliphatic heterocycles. The number of aliphatic hydroxyl groups excluding tert-OH is 1. The van der Waals surface area contributed by atoms with E-state index in [0.717, 1.165) is 6.92 Å². The number of cyclic esters (lactones) is 1. The minimum absolute atomic E-state index is 0.0128. The number of hydrogen-bond acceptors (Lipinski definition) is 18. The SMILES string of the molecule is CC[C@@H]1OC(=O)[C@@](C)(F)C(=O)[C@H](C)[C@@H](OC2O[C@H](C)C[C@H](N(C)C)[C@H]2O)[C@](C)(OC)C[C@@H](C)C(=O)[C@H](C)[C@H]2[C@H](/C(N)=N/OCc3nnc(-c4ccc(N)nc4)s3)C(=O)O[C@@]21C. The van der Waals surface area contributed by atoms with Crippen molar-refractivity contribution in [1.82, 2.24) is 20.1 Å². The van der Waals surface area contributed by atoms with Crippen molar-refractivity contribution in [2.24, 2.45) is 40.5 Å². The lowest BCUT2D eigenvalue weighted by Crippen LogP contribution is -2.61. The number of halogens is 1. The van der Waals surface area contributed by atoms with Crippen LogP contribution in [-0.4, -0.2) is 129 Å². The molecule has 0 bridgehead atoms. The summed E-state index contributed by atoms with van der Waals surface area (Å²) in [5, 5.41) is 24.7. The number of likely N-dealkylation sites (N-methyl/N-ethyl adjacent to an activating group) is 1. The molecule has 2 aromatic heterocycles. The van der Waals surface area contributed by atoms with E-state index in [1.807, 2.05) is 11.8 Å². The average Bonchev–Trinajstić information content (AvgIpc) is 3.79. The Kier molecular flexibility index (Phi) is 14.6. The summed E-state index contributed by atoms with van der Waals surface area (Å²) < 4.78 is 47.3. The van der Waals surface area contributed by atoms with Crippen molar-refractivity contribution in [3.63, 3.8) is 0 Å². The van der Waals surface area contributed by atoms with Gasteiger partial charge in [-0.2, -0.15) is 0 Å². The van der Waals surface area contributed by atoms with Crippen molar-refractivity contribution < 1.29 is 57.2 Å². The second kappa shape index (κ2) is 18.6. The molecule has 3 fully saturated rings. The maximum Gasteiger partial charge on any atom is 0.351 e. The van der Waals surface area contributed by atoms with Crippen LogP contribution in [0.1, 0.15) is 79.7 Å². The quantitative estimate of drug-likeness (QED) is 0.102. The highest BCUT2D eigenvalue weighted by molar-refractivity contribution is 7.14. The third-order valence-corrected chi connectivity index (χ3v) is 13.5. The summed E-state index contributed by atoms with van der Waals surface area (Å²) in [6.45, 7) is 11.8. The molecule has 5 heterocycles. The number of methoxy groups -OCH3 is 1. The van der Waals surface area contributed by atoms with Crippen molar-refractivity contribution in [3.05, 3.63) is 23.3 Å². The van der Waals surface area contributed by atoms with E-state index in [1.165, 1.54) is 32.3 Å². The molecule has 0 amide bonds. The van der Waals surface area contributed by atoms with E-state index < -0.39 is 94.8 Å². The third kappa shape index (κ3) is 9.58. The molecule has 1 unspecified atom stereocenters. The summed E-state index contributed by atoms with van der Waals surface area (Å²) in [4.78, 5) is 68.3. The second-order valence-electron chi connectivity index (χ2n) is 17.3. The molecule has 61 heavy (non-hydrogen) atoms. The summed E-state index contributed by atoms with van der Waals surface area (Å²) in [7, 11) is 4.97. The maximum absolute atomic E-state index is 16.9. The number of nitrogens with two attached hydrogens (primary N) is 2. The second-order valence-corrected chi connectivity index (χ2v) is 18.3. The number of anilines is 1. The zero-order valence-corrected chi connectivity index (χ0v) is 37.4. The fourth-order valence-electron chi connectivity index (χ4n) is 9.13. The highest BCUT2D eigenvalue weighted by Crippen LogP contribution is 2.48. The van der Waals surface area contributed by atoms with E-state index in [4.69, 9.17) is 40.0 Å². The van der Waals surface area contributed by atoms with Gasteiger partial charge in [0, 0.05) is 48.6 Å². The molecule has 3 aliphatic rings. The first-order valence-electron chi connectivity index (χ1n) is 20.4. The van der Waals surface area contributed by atoms with Crippen molar-refractivity contribution in [3.8, 4) is 10.6 Å². The van der Waals surface area contributed by atoms with Crippen LogP contribution in [0, 0.1) is 29.6 Å². The van der Waals surface area contributed by atoms with Crippen LogP contribution in [0.5, 0.6) is 0 Å². The lowest BCUT2D eigenvalue weighted by Gasteiger charge is -2.47. The number of amidine groups is 1. The van der Waals surface area contributed by atoms with Crippen molar-refractivity contribution in [2.45, 2.75) is 135 Å². The normalized spacial score (nSPS) is 38.1. The molecule has 2 aromatic rings. The average molecular weight is 878 g/mol. The van der Waals surface area contributed by atoms with Crippen LogP contribution in [0.4, 0.5) is 10.2 Å². The van der Waals surface area contributed by atoms with Gasteiger partial charge in [-0.1, -0.05) is 44.2 Å². The Morgan fingerprint density at radius 3 is 2.39 bits per heavy atom. The highest BCUT2D eigenvalue weighted by Gasteiger charge is 2.63. The molecule has 0 spiro atoms. The number of ether oxygens (including phenoxy) is 5. The fraction of sp³-hybridized carbons (Fsp3) is 0.707. The first-order chi connectivity index (χ1) is 28.5. The number of nitrogen functional groups attached to an aromatic ring is 1. The molecule has 0 aliphatic carbocycles. The van der Waals surface area contributed by atoms with Gasteiger partial charge in [0.1, 0.15) is 34.7 Å². The zero-order valence-electron chi connectivity index (χ0n) is 36.6. The van der Waals surface area contributed by atoms with Crippen LogP contribution in [0.25, 0.3) is 10.6 Å². The summed E-state index contributed by atoms with van der Waals surface area (Å²) in [6.07, 6.45) is -3.63. The minimum atomic E-state index is -3.25. The standard InChI is InChI=1S/C41H60FN7O11S/c1-12-25-41(8)29(28(36(53)60-41)34(44)48-56-18-27-46-47-35(61-27)23-13-14-26(43)45-17-23)21(4)30(50)19(2)16-39(6,55-11)33(22(5)32(52)40(7,42)38(54)58-25)59-37-31(51)24(49(9)10)15-20(3)57-37/h13-14,17,19-22,24-25,28-29,31,33,37,51H,12,15-16,18H2,1-11H3,(H2,43,45)(H2,44,48)/t19-,20-,21-,22+,24+,25+,28-,29+,31-,33-,37?,39-,40+,41-/m1/s1. The number of carbonyl (C=O) groups is 4. The summed E-state index contributed by atoms with van der Waals surface area (Å²) in [5.41, 5.74) is 6.35. The number of esters is 2. The van der Waals surface area contributed by atoms with Gasteiger partial charge in [0.2, 0.25) is 0 Å². The van der Waals surface area contributed by atoms with E-state index >= 15 is 4.39 Å². The Morgan fingerprint density at radius 2 is 1.79 bits per heavy atom. The minimum Gasteiger partial charge on any atom is -0.455 e. The van der Waals surface area contributed by atoms with Gasteiger partial charge in [0.25, 0.3) is 5.67 Å². The number of alkyl halides is 1. The monoisotopic (exact) mass is 877 g/mol. The first kappa shape index (κ1) is 47.8. The highest BCUT2D eigenvalue weighted by atomic mass is 32.1. The number of ketones is 2. The van der Waals surface area contributed by atoms with Crippen LogP contribution >= 0.6 is 11.3 Å². The molecule has 14 atom stereocenters. The fourth-order valence-corrected chi connectivity index (χ4v) is 9.86. The molecule has 0 radical (unpaired) electrons. The molecular weight excluding hydrogens is 818 g/mol. The number of aliphatic hydroxyl groups is 1. The zero-order chi connectivity index (χ0) is 45.4. The van der Waals surface area contributed by atoms with E-state index in [1.54, 1.807) is 60.1 Å². The predicted octanol–water partition coefficient (Wildman–Crippen LogP) is 3.24. The number of nitrogens with zero attached hydrogens (tertiary/aromatic N) is 5. The number of fused-ring (bicyclic) bond motifs is 1. The van der Waals surface area contributed by atoms with Crippen molar-refractivity contribution in [1.29, 1.82) is 0 Å². The number of oxime groups is 1. The topological polar surface area (TPSA) is 250 Å². The van der Waals surface area contributed by atoms with Gasteiger partial charge in [-0.25, -0.2) is 14.2 Å². The summed E-state index contributed by atoms with van der Waals surface area (Å²) in [5.74, 6) is -9.74. The van der Waals surface area contributed by atoms with E-state index in [9.17, 15) is 24.3 Å². The van der Waals surface area contributed by atoms with Gasteiger partial charge in [0.05, 0.1) is 17.8 Å². The largest absolute Gasteiger partial charge is 0.455 e. The lowest BCUT2D eigenvalue weighted by atomic mass is 9.67. The predicted molar refractivity (Wildman–Crippen MR) is 220 cm³/mol. The number of hydrogen-bond donors (Lipinski definition) is 3. The van der Waals surface area contributed by atoms with Crippen LogP contribution in [0.15, 0.2) is 23.5 Å². The Balaban J connectivity index is 1.51. The molecule has 0 aromatic carbocycles. The molecule has 20 heteroatoms. The smallest absolute Gasteiger partial charge is 0.351 e. The Labute approximate surface area is 359 Å². The van der Waals surface area contributed by atoms with Gasteiger partial charge in [-0.15, -0.1) is 10.2 Å². The first-order valence-corrected chi connectivity index (χ1v) is 21.2. The van der Waals surface area contributed by atoms with E-state index in [0.29, 0.717) is 27.8 Å². The summed E-state index contributed by atoms with van der Waals surface area (Å²) >= 11 is 1.21. The molecule has 0 saturated carbocycles. The van der Waals surface area contributed by atoms with Gasteiger partial charge < -0.3 is 50.0 Å². The van der Waals surface area contributed by atoms with Gasteiger partial charge in [0.15, 0.2) is 35.1 Å². The van der Waals surface area contributed by atoms with Crippen LogP contribution in [0.2, 0.25) is 0 Å². The Morgan fingerprint density at radius 1 is 1.10 bits per heavy atom. The van der Waals surface area contributed by atoms with Crippen molar-refractivity contribution in [2.75, 3.05) is 26.9 Å². The Bertz CT molecular complexity index is 1950. The van der Waals surface area contributed by atoms with Crippen LogP contribution in [0.3, 0.4) is 0 Å². The number of Topliss-reactive ketones (excluding diaryl/α,β-unsaturated/α-hetero) is 2. The van der Waals surface area contributed by atoms with E-state index in [-0.39, 0.29) is 37.2 Å². The third-order valence-electron chi connectivity index (χ3n) is 12.6. The van der Waals surface area contributed by atoms with Gasteiger partial charge >= 0.3 is 11.9 Å². The van der Waals surface area contributed by atoms with E-state index in [2.05, 4.69) is 20.3 Å². The van der Waals surface area contributed by atoms with Crippen molar-refractivity contribution >= 4 is 46.5 Å². The van der Waals surface area contributed by atoms with Crippen LogP contribution < -0.4 is 11.5 Å². The lowest BCUT2D eigenvalue weighted by molar-refractivity contribution is -0.295. The molecule has 3 saturated heterocycles. The number of aromatic nitrogens is 3. The molecule has 338 valence electrons. The van der Waals surface area contributed by atoms with Gasteiger partial charge in [-0.05, 0) is 73.2 Å². The molecule has 5 rings (SSSR count). The maximum atomic E-state index is 16.9. The summed E-state index contributed by atoms with van der Waals surface area (Å²) in [6, 6.07) is 2.98. The number of rotatable bonds is 10. The van der Waals surface area contributed by atoms with Crippen LogP contribution in [-0.2, 0) is 54.3 Å². The number of pyridine rings is 1. The molecule has 5 N–H and O–H groups in total. The Hall–Kier alpha value is -4.21. The van der Waals surface area contributed by atoms with Gasteiger partial charge in [-0.3, -0.25) is 14.4 Å². The molecular formula is C41H60FN7O11S.